The van der Waals surface area contributed by atoms with Crippen molar-refractivity contribution in [2.24, 2.45) is 0 Å². The number of benzene rings is 3. The summed E-state index contributed by atoms with van der Waals surface area (Å²) in [7, 11) is 0. The van der Waals surface area contributed by atoms with Gasteiger partial charge in [-0.1, -0.05) is 54.6 Å². The zero-order valence-corrected chi connectivity index (χ0v) is 19.8. The van der Waals surface area contributed by atoms with Crippen LogP contribution in [0.3, 0.4) is 0 Å². The minimum atomic E-state index is -0.266. The molecule has 3 aromatic heterocycles. The number of carbonyl (C=O) groups excluding carboxylic acids is 2. The number of Topliss-reactive ketones (excluding diaryl/α,β-unsaturated/α-hetero) is 2. The van der Waals surface area contributed by atoms with Crippen LogP contribution >= 0.6 is 22.7 Å². The third-order valence-electron chi connectivity index (χ3n) is 6.19. The van der Waals surface area contributed by atoms with Gasteiger partial charge in [-0.15, -0.1) is 22.7 Å². The Morgan fingerprint density at radius 1 is 0.829 bits per heavy atom. The second-order valence-electron chi connectivity index (χ2n) is 8.25. The third kappa shape index (κ3) is 3.13. The topological polar surface area (TPSA) is 64.8 Å². The van der Waals surface area contributed by atoms with Gasteiger partial charge in [0.1, 0.15) is 10.7 Å². The van der Waals surface area contributed by atoms with Crippen LogP contribution in [0.15, 0.2) is 89.9 Å². The Labute approximate surface area is 207 Å². The van der Waals surface area contributed by atoms with E-state index in [0.717, 1.165) is 36.7 Å². The maximum Gasteiger partial charge on any atom is 0.197 e. The summed E-state index contributed by atoms with van der Waals surface area (Å²) in [4.78, 5) is 37.9. The molecule has 7 rings (SSSR count). The predicted molar refractivity (Wildman–Crippen MR) is 141 cm³/mol. The minimum Gasteiger partial charge on any atom is -0.288 e. The van der Waals surface area contributed by atoms with E-state index in [4.69, 9.17) is 4.98 Å². The number of aromatic nitrogens is 3. The number of hydrogen-bond acceptors (Lipinski definition) is 6. The number of thiophene rings is 1. The van der Waals surface area contributed by atoms with Crippen LogP contribution < -0.4 is 0 Å². The fourth-order valence-electron chi connectivity index (χ4n) is 4.53. The van der Waals surface area contributed by atoms with E-state index in [0.29, 0.717) is 17.0 Å². The van der Waals surface area contributed by atoms with Gasteiger partial charge in [0.15, 0.2) is 16.7 Å². The molecule has 7 heteroatoms. The maximum atomic E-state index is 13.3. The van der Waals surface area contributed by atoms with Crippen LogP contribution in [0.5, 0.6) is 0 Å². The Bertz CT molecular complexity index is 1770. The van der Waals surface area contributed by atoms with Crippen molar-refractivity contribution in [3.63, 3.8) is 0 Å². The molecule has 35 heavy (non-hydrogen) atoms. The lowest BCUT2D eigenvalue weighted by Crippen LogP contribution is -2.03. The van der Waals surface area contributed by atoms with Crippen molar-refractivity contribution in [3.8, 4) is 15.6 Å². The zero-order chi connectivity index (χ0) is 23.5. The Morgan fingerprint density at radius 3 is 2.17 bits per heavy atom. The molecule has 0 saturated heterocycles. The lowest BCUT2D eigenvalue weighted by molar-refractivity contribution is 0.0990. The number of rotatable bonds is 3. The fraction of sp³-hybridized carbons (Fsp3) is 0. The molecule has 0 bridgehead atoms. The second-order valence-corrected chi connectivity index (χ2v) is 10.2. The molecule has 166 valence electrons. The lowest BCUT2D eigenvalue weighted by Gasteiger charge is -2.03. The molecule has 3 heterocycles. The molecule has 5 nitrogen and oxygen atoms in total. The number of hydrogen-bond donors (Lipinski definition) is 0. The molecule has 0 saturated carbocycles. The Balaban J connectivity index is 1.40. The van der Waals surface area contributed by atoms with E-state index >= 15 is 0 Å². The highest BCUT2D eigenvalue weighted by Gasteiger charge is 2.34. The van der Waals surface area contributed by atoms with Crippen LogP contribution in [0, 0.1) is 0 Å². The zero-order valence-electron chi connectivity index (χ0n) is 18.1. The molecule has 0 unspecified atom stereocenters. The van der Waals surface area contributed by atoms with Crippen LogP contribution in [0.2, 0.25) is 0 Å². The largest absolute Gasteiger partial charge is 0.288 e. The van der Waals surface area contributed by atoms with Gasteiger partial charge in [0.25, 0.3) is 0 Å². The van der Waals surface area contributed by atoms with Crippen molar-refractivity contribution in [2.45, 2.75) is 0 Å². The molecule has 0 atom stereocenters. The molecule has 0 aliphatic heterocycles. The normalized spacial score (nSPS) is 13.2. The van der Waals surface area contributed by atoms with E-state index in [2.05, 4.69) is 23.2 Å². The minimum absolute atomic E-state index is 0.133. The summed E-state index contributed by atoms with van der Waals surface area (Å²) in [5, 5.41) is 4.51. The first-order chi connectivity index (χ1) is 17.2. The quantitative estimate of drug-likeness (QED) is 0.202. The Kier molecular flexibility index (Phi) is 4.42. The molecule has 0 radical (unpaired) electrons. The van der Waals surface area contributed by atoms with E-state index in [1.807, 2.05) is 64.5 Å². The van der Waals surface area contributed by atoms with Gasteiger partial charge in [-0.2, -0.15) is 0 Å². The summed E-state index contributed by atoms with van der Waals surface area (Å²) in [6, 6.07) is 23.6. The van der Waals surface area contributed by atoms with Gasteiger partial charge in [0.05, 0.1) is 11.1 Å². The maximum absolute atomic E-state index is 13.3. The van der Waals surface area contributed by atoms with Gasteiger partial charge in [-0.3, -0.25) is 14.2 Å². The smallest absolute Gasteiger partial charge is 0.197 e. The molecule has 0 amide bonds. The van der Waals surface area contributed by atoms with Gasteiger partial charge in [0.2, 0.25) is 0 Å². The second kappa shape index (κ2) is 7.66. The number of allylic oxidation sites excluding steroid dienone is 1. The highest BCUT2D eigenvalue weighted by molar-refractivity contribution is 7.21. The van der Waals surface area contributed by atoms with E-state index < -0.39 is 0 Å². The number of nitrogens with zero attached hydrogens (tertiary/aromatic N) is 3. The summed E-state index contributed by atoms with van der Waals surface area (Å²) in [5.41, 5.74) is 3.04. The molecule has 1 aliphatic carbocycles. The first kappa shape index (κ1) is 20.2. The number of carbonyl (C=O) groups is 2. The van der Waals surface area contributed by atoms with Crippen LogP contribution in [0.1, 0.15) is 26.5 Å². The monoisotopic (exact) mass is 489 g/mol. The van der Waals surface area contributed by atoms with Gasteiger partial charge < -0.3 is 0 Å². The summed E-state index contributed by atoms with van der Waals surface area (Å²) < 4.78 is 1.93. The van der Waals surface area contributed by atoms with Crippen LogP contribution in [-0.2, 0) is 0 Å². The van der Waals surface area contributed by atoms with E-state index in [1.165, 1.54) is 11.3 Å². The van der Waals surface area contributed by atoms with Crippen LogP contribution in [0.25, 0.3) is 42.8 Å². The lowest BCUT2D eigenvalue weighted by atomic mass is 10.0. The average molecular weight is 490 g/mol. The molecule has 0 N–H and O–H groups in total. The standard InChI is InChI=1S/C28H15N3O2S2/c32-25-19-12-17-8-4-5-9-18(17)13-20(19)26(33)21(25)14-24-30-27-22(31(24)28-29-10-11-34-28)15-23(35-27)16-6-2-1-3-7-16/h1-15H. The van der Waals surface area contributed by atoms with E-state index in [9.17, 15) is 9.59 Å². The highest BCUT2D eigenvalue weighted by Crippen LogP contribution is 2.37. The van der Waals surface area contributed by atoms with Gasteiger partial charge in [-0.25, -0.2) is 9.97 Å². The molecule has 0 spiro atoms. The van der Waals surface area contributed by atoms with Crippen molar-refractivity contribution in [2.75, 3.05) is 0 Å². The first-order valence-electron chi connectivity index (χ1n) is 11.0. The van der Waals surface area contributed by atoms with Crippen molar-refractivity contribution in [1.82, 2.24) is 14.5 Å². The third-order valence-corrected chi connectivity index (χ3v) is 8.01. The summed E-state index contributed by atoms with van der Waals surface area (Å²) in [5.74, 6) is -0.00888. The SMILES string of the molecule is O=C1C(=Cc2nc3sc(-c4ccccc4)cc3n2-c2nccs2)C(=O)c2cc3ccccc3cc21. The van der Waals surface area contributed by atoms with Gasteiger partial charge in [0, 0.05) is 27.6 Å². The Morgan fingerprint density at radius 2 is 1.51 bits per heavy atom. The van der Waals surface area contributed by atoms with Gasteiger partial charge >= 0.3 is 0 Å². The number of ketones is 2. The van der Waals surface area contributed by atoms with Crippen molar-refractivity contribution in [3.05, 3.63) is 107 Å². The summed E-state index contributed by atoms with van der Waals surface area (Å²) in [6.45, 7) is 0. The molecule has 3 aromatic carbocycles. The van der Waals surface area contributed by atoms with E-state index in [-0.39, 0.29) is 17.1 Å². The summed E-state index contributed by atoms with van der Waals surface area (Å²) >= 11 is 3.06. The average Bonchev–Trinajstić information content (AvgIpc) is 3.66. The molecular formula is C28H15N3O2S2. The highest BCUT2D eigenvalue weighted by atomic mass is 32.1. The van der Waals surface area contributed by atoms with Crippen molar-refractivity contribution in [1.29, 1.82) is 0 Å². The Hall–Kier alpha value is -4.20. The molecular weight excluding hydrogens is 474 g/mol. The molecule has 0 fully saturated rings. The number of thiazole rings is 1. The fourth-order valence-corrected chi connectivity index (χ4v) is 6.22. The number of fused-ring (bicyclic) bond motifs is 3. The van der Waals surface area contributed by atoms with Crippen LogP contribution in [-0.4, -0.2) is 26.1 Å². The molecule has 1 aliphatic rings. The van der Waals surface area contributed by atoms with Crippen LogP contribution in [0.4, 0.5) is 0 Å². The first-order valence-corrected chi connectivity index (χ1v) is 12.7. The van der Waals surface area contributed by atoms with Gasteiger partial charge in [-0.05, 0) is 40.6 Å². The van der Waals surface area contributed by atoms with Crippen molar-refractivity contribution >= 4 is 61.4 Å². The number of imidazole rings is 1. The molecule has 6 aromatic rings. The van der Waals surface area contributed by atoms with Crippen molar-refractivity contribution < 1.29 is 9.59 Å². The predicted octanol–water partition coefficient (Wildman–Crippen LogP) is 6.83. The summed E-state index contributed by atoms with van der Waals surface area (Å²) in [6.07, 6.45) is 3.35. The van der Waals surface area contributed by atoms with E-state index in [1.54, 1.807) is 23.6 Å².